The summed E-state index contributed by atoms with van der Waals surface area (Å²) >= 11 is 12.1. The van der Waals surface area contributed by atoms with Crippen molar-refractivity contribution in [2.24, 2.45) is 5.73 Å². The molecule has 0 saturated carbocycles. The summed E-state index contributed by atoms with van der Waals surface area (Å²) < 4.78 is 74.1. The summed E-state index contributed by atoms with van der Waals surface area (Å²) in [5, 5.41) is 8.18. The number of nitrogens with one attached hydrogen (secondary N) is 6. The lowest BCUT2D eigenvalue weighted by molar-refractivity contribution is 0.0944. The minimum absolute atomic E-state index is 0. The lowest BCUT2D eigenvalue weighted by Crippen LogP contribution is -2.23. The van der Waals surface area contributed by atoms with Crippen LogP contribution in [0, 0.1) is 0 Å². The van der Waals surface area contributed by atoms with Gasteiger partial charge < -0.3 is 36.6 Å². The van der Waals surface area contributed by atoms with Crippen molar-refractivity contribution in [1.29, 1.82) is 0 Å². The lowest BCUT2D eigenvalue weighted by atomic mass is 10.1. The number of carbonyl (C=O) groups excluding carboxylic acids is 4. The average molecular weight is 1420 g/mol. The fourth-order valence-corrected chi connectivity index (χ4v) is 13.4. The van der Waals surface area contributed by atoms with Crippen LogP contribution in [0.25, 0.3) is 67.3 Å². The summed E-state index contributed by atoms with van der Waals surface area (Å²) in [7, 11) is -10.1. The molecule has 4 amide bonds. The van der Waals surface area contributed by atoms with Gasteiger partial charge in [0.25, 0.3) is 17.7 Å². The molecule has 6 aromatic carbocycles. The fraction of sp³-hybridized carbons (Fsp3) is 0.171. The molecule has 8 N–H and O–H groups in total. The van der Waals surface area contributed by atoms with Crippen molar-refractivity contribution in [3.05, 3.63) is 232 Å². The van der Waals surface area contributed by atoms with Crippen molar-refractivity contribution in [3.63, 3.8) is 0 Å². The second-order valence-electron chi connectivity index (χ2n) is 23.2. The normalized spacial score (nSPS) is 11.7. The van der Waals surface area contributed by atoms with Gasteiger partial charge in [0.05, 0.1) is 82.8 Å². The molecule has 6 aromatic heterocycles. The third-order valence-electron chi connectivity index (χ3n) is 15.6. The molecule has 23 nitrogen and oxygen atoms in total. The van der Waals surface area contributed by atoms with Crippen molar-refractivity contribution in [2.45, 2.75) is 91.6 Å². The van der Waals surface area contributed by atoms with Gasteiger partial charge in [-0.15, -0.1) is 0 Å². The molecule has 28 heteroatoms. The number of halogens is 2. The molecule has 0 bridgehead atoms. The van der Waals surface area contributed by atoms with Gasteiger partial charge in [-0.05, 0) is 125 Å². The SMILES string of the molecule is CC(C)S(=O)(=O)c1ccc(-c2cnc3[nH]cc(C(=O)NCc4cccc(C(N)=O)c4)c3n2)cc1.CC(C)S(=O)(=O)c1ccc(-c2cnc3[nH]cc(C(=O)NCc4cccc(Cl)c4)c3n2)cc1.CC(C)S(=O)(=O)c1ccc(-c2cnc3[nH]cc(C(=O)NCc4ccccc4Cl)c3n2)cc1.[HH].[HH]. The number of nitrogens with zero attached hydrogens (tertiary/aromatic N) is 6. The van der Waals surface area contributed by atoms with Gasteiger partial charge in [0.2, 0.25) is 5.91 Å². The highest BCUT2D eigenvalue weighted by molar-refractivity contribution is 7.92. The van der Waals surface area contributed by atoms with Crippen LogP contribution in [0.5, 0.6) is 0 Å². The number of fused-ring (bicyclic) bond motifs is 3. The Hall–Kier alpha value is -10.5. The van der Waals surface area contributed by atoms with Crippen LogP contribution in [0.4, 0.5) is 0 Å². The number of nitrogens with two attached hydrogens (primary N) is 1. The van der Waals surface area contributed by atoms with E-state index in [2.05, 4.69) is 60.8 Å². The molecule has 0 saturated heterocycles. The molecule has 12 rings (SSSR count). The van der Waals surface area contributed by atoms with Gasteiger partial charge >= 0.3 is 0 Å². The molecule has 0 unspecified atom stereocenters. The molecule has 0 aliphatic heterocycles. The molecule has 0 radical (unpaired) electrons. The molecule has 0 aliphatic carbocycles. The maximum Gasteiger partial charge on any atom is 0.255 e. The number of hydrogen-bond acceptors (Lipinski definition) is 16. The van der Waals surface area contributed by atoms with E-state index in [1.807, 2.05) is 30.3 Å². The van der Waals surface area contributed by atoms with Crippen molar-refractivity contribution in [3.8, 4) is 33.8 Å². The Labute approximate surface area is 577 Å². The molecule has 0 aliphatic rings. The van der Waals surface area contributed by atoms with E-state index in [0.29, 0.717) is 106 Å². The summed E-state index contributed by atoms with van der Waals surface area (Å²) in [5.74, 6) is -1.50. The van der Waals surface area contributed by atoms with E-state index in [-0.39, 0.29) is 48.4 Å². The zero-order chi connectivity index (χ0) is 70.2. The largest absolute Gasteiger partial charge is 0.366 e. The first-order chi connectivity index (χ1) is 46.7. The molecular formula is C70H69Cl2N13O10S3. The number of primary amides is 1. The minimum atomic E-state index is -3.38. The Morgan fingerprint density at radius 2 is 0.796 bits per heavy atom. The van der Waals surface area contributed by atoms with E-state index in [4.69, 9.17) is 28.9 Å². The molecule has 506 valence electrons. The Morgan fingerprint density at radius 3 is 1.14 bits per heavy atom. The third-order valence-corrected chi connectivity index (χ3v) is 22.7. The third kappa shape index (κ3) is 16.0. The van der Waals surface area contributed by atoms with Crippen LogP contribution in [0.2, 0.25) is 10.0 Å². The standard InChI is InChI=1S/C24H23N5O4S.2C23H21ClN4O3S.2H2/c1-14(2)34(32,33)18-8-6-16(7-9-18)20-13-27-23-21(29-20)19(12-26-23)24(31)28-11-15-4-3-5-17(10-15)22(25)30;1-14(2)32(30,31)18-8-6-16(7-9-18)20-13-26-22-21(28-20)19(12-25-22)23(29)27-11-15-4-3-5-17(24)10-15;1-14(2)32(30,31)17-9-7-15(8-10-17)20-13-26-22-21(28-20)18(12-25-22)23(29)27-11-16-5-3-4-6-19(16)24;;/h3-10,12-14H,11H2,1-2H3,(H2,25,30)(H,26,27)(H,28,31);2*3-10,12-14H,11H2,1-2H3,(H,25,26)(H,27,29);2*1H. The van der Waals surface area contributed by atoms with Crippen LogP contribution >= 0.6 is 23.2 Å². The predicted octanol–water partition coefficient (Wildman–Crippen LogP) is 12.1. The number of aromatic nitrogens is 9. The van der Waals surface area contributed by atoms with Gasteiger partial charge in [-0.3, -0.25) is 19.2 Å². The smallest absolute Gasteiger partial charge is 0.255 e. The lowest BCUT2D eigenvalue weighted by Gasteiger charge is -2.09. The van der Waals surface area contributed by atoms with Crippen LogP contribution in [-0.2, 0) is 49.1 Å². The molecule has 0 spiro atoms. The zero-order valence-electron chi connectivity index (χ0n) is 53.5. The number of amides is 4. The average Bonchev–Trinajstić information content (AvgIpc) is 1.57. The van der Waals surface area contributed by atoms with Crippen LogP contribution in [0.1, 0.15) is 103 Å². The first kappa shape index (κ1) is 70.3. The monoisotopic (exact) mass is 1420 g/mol. The Kier molecular flexibility index (Phi) is 21.4. The first-order valence-corrected chi connectivity index (χ1v) is 35.9. The summed E-state index contributed by atoms with van der Waals surface area (Å²) in [5.41, 5.74) is 15.5. The predicted molar refractivity (Wildman–Crippen MR) is 381 cm³/mol. The van der Waals surface area contributed by atoms with Crippen molar-refractivity contribution in [2.75, 3.05) is 0 Å². The van der Waals surface area contributed by atoms with Crippen molar-refractivity contribution < 1.29 is 47.3 Å². The van der Waals surface area contributed by atoms with E-state index in [1.165, 1.54) is 6.20 Å². The van der Waals surface area contributed by atoms with Crippen molar-refractivity contribution in [1.82, 2.24) is 60.8 Å². The second-order valence-corrected chi connectivity index (χ2v) is 31.5. The Balaban J connectivity index is 0.000000189. The minimum Gasteiger partial charge on any atom is -0.366 e. The molecule has 0 fully saturated rings. The number of benzene rings is 6. The summed E-state index contributed by atoms with van der Waals surface area (Å²) in [6.45, 7) is 10.7. The van der Waals surface area contributed by atoms with Crippen molar-refractivity contribution >= 4 is 110 Å². The highest BCUT2D eigenvalue weighted by Crippen LogP contribution is 2.29. The van der Waals surface area contributed by atoms with Gasteiger partial charge in [0.1, 0.15) is 16.6 Å². The van der Waals surface area contributed by atoms with E-state index in [9.17, 15) is 44.4 Å². The Morgan fingerprint density at radius 1 is 0.449 bits per heavy atom. The van der Waals surface area contributed by atoms with E-state index < -0.39 is 51.2 Å². The zero-order valence-corrected chi connectivity index (χ0v) is 57.5. The van der Waals surface area contributed by atoms with Crippen LogP contribution in [0.3, 0.4) is 0 Å². The quantitative estimate of drug-likeness (QED) is 0.0395. The first-order valence-electron chi connectivity index (χ1n) is 30.5. The summed E-state index contributed by atoms with van der Waals surface area (Å²) in [4.78, 5) is 86.1. The van der Waals surface area contributed by atoms with Gasteiger partial charge in [0.15, 0.2) is 46.5 Å². The van der Waals surface area contributed by atoms with E-state index >= 15 is 0 Å². The highest BCUT2D eigenvalue weighted by atomic mass is 35.5. The molecule has 0 atom stereocenters. The molecular weight excluding hydrogens is 1350 g/mol. The van der Waals surface area contributed by atoms with Gasteiger partial charge in [0, 0.05) is 73.4 Å². The Bertz CT molecular complexity index is 5350. The maximum atomic E-state index is 12.8. The van der Waals surface area contributed by atoms with Crippen LogP contribution < -0.4 is 21.7 Å². The highest BCUT2D eigenvalue weighted by Gasteiger charge is 2.24. The second kappa shape index (κ2) is 29.9. The van der Waals surface area contributed by atoms with Crippen LogP contribution in [-0.4, -0.2) is 109 Å². The van der Waals surface area contributed by atoms with Crippen LogP contribution in [0.15, 0.2) is 197 Å². The topological polar surface area (TPSA) is 358 Å². The number of carbonyl (C=O) groups is 4. The number of sulfone groups is 3. The number of rotatable bonds is 19. The molecule has 98 heavy (non-hydrogen) atoms. The number of hydrogen-bond donors (Lipinski definition) is 7. The number of H-pyrrole nitrogens is 3. The molecule has 12 aromatic rings. The summed E-state index contributed by atoms with van der Waals surface area (Å²) in [6.07, 6.45) is 9.38. The van der Waals surface area contributed by atoms with E-state index in [1.54, 1.807) is 188 Å². The summed E-state index contributed by atoms with van der Waals surface area (Å²) in [6, 6.07) is 40.7. The maximum absolute atomic E-state index is 12.8. The molecule has 6 heterocycles. The van der Waals surface area contributed by atoms with E-state index in [0.717, 1.165) is 16.7 Å². The van der Waals surface area contributed by atoms with Gasteiger partial charge in [-0.2, -0.15) is 0 Å². The number of aromatic amines is 3. The van der Waals surface area contributed by atoms with Gasteiger partial charge in [-0.25, -0.2) is 55.2 Å². The fourth-order valence-electron chi connectivity index (χ4n) is 9.82. The van der Waals surface area contributed by atoms with Gasteiger partial charge in [-0.1, -0.05) is 102 Å².